The van der Waals surface area contributed by atoms with Gasteiger partial charge in [-0.25, -0.2) is 0 Å². The summed E-state index contributed by atoms with van der Waals surface area (Å²) in [5, 5.41) is 3.54. The Morgan fingerprint density at radius 3 is 2.83 bits per heavy atom. The molecule has 1 atom stereocenters. The molecule has 0 aliphatic heterocycles. The summed E-state index contributed by atoms with van der Waals surface area (Å²) in [7, 11) is 0. The van der Waals surface area contributed by atoms with Gasteiger partial charge < -0.3 is 10.1 Å². The highest BCUT2D eigenvalue weighted by Gasteiger charge is 2.17. The largest absolute Gasteiger partial charge is 0.494 e. The average molecular weight is 270 g/mol. The quantitative estimate of drug-likeness (QED) is 0.885. The molecule has 1 N–H and O–H groups in total. The van der Waals surface area contributed by atoms with Crippen molar-refractivity contribution in [3.8, 4) is 5.75 Å². The zero-order valence-electron chi connectivity index (χ0n) is 11.4. The average Bonchev–Trinajstić information content (AvgIpc) is 2.36. The first kappa shape index (κ1) is 15.3. The van der Waals surface area contributed by atoms with Crippen molar-refractivity contribution in [3.63, 3.8) is 0 Å². The van der Waals surface area contributed by atoms with Crippen molar-refractivity contribution in [1.29, 1.82) is 0 Å². The number of rotatable bonds is 5. The molecule has 0 radical (unpaired) electrons. The van der Waals surface area contributed by atoms with Gasteiger partial charge >= 0.3 is 0 Å². The third-order valence-corrected chi connectivity index (χ3v) is 3.37. The summed E-state index contributed by atoms with van der Waals surface area (Å²) in [6.07, 6.45) is 4.66. The van der Waals surface area contributed by atoms with Gasteiger partial charge in [-0.1, -0.05) is 19.9 Å². The van der Waals surface area contributed by atoms with E-state index in [-0.39, 0.29) is 12.4 Å². The predicted octanol–water partition coefficient (Wildman–Crippen LogP) is 3.36. The van der Waals surface area contributed by atoms with E-state index in [4.69, 9.17) is 4.74 Å². The fourth-order valence-corrected chi connectivity index (χ4v) is 2.50. The van der Waals surface area contributed by atoms with Crippen LogP contribution in [0.3, 0.4) is 0 Å². The molecule has 2 nitrogen and oxygen atoms in total. The minimum atomic E-state index is 0. The van der Waals surface area contributed by atoms with Gasteiger partial charge in [0.1, 0.15) is 5.75 Å². The second kappa shape index (κ2) is 7.65. The van der Waals surface area contributed by atoms with E-state index in [1.165, 1.54) is 24.0 Å². The van der Waals surface area contributed by atoms with Crippen LogP contribution in [0.1, 0.15) is 37.8 Å². The van der Waals surface area contributed by atoms with Crippen LogP contribution in [0.25, 0.3) is 0 Å². The molecule has 2 rings (SSSR count). The van der Waals surface area contributed by atoms with Crippen LogP contribution in [-0.4, -0.2) is 19.2 Å². The number of nitrogens with one attached hydrogen (secondary N) is 1. The summed E-state index contributed by atoms with van der Waals surface area (Å²) >= 11 is 0. The second-order valence-corrected chi connectivity index (χ2v) is 4.78. The normalized spacial score (nSPS) is 17.8. The van der Waals surface area contributed by atoms with Gasteiger partial charge in [0.15, 0.2) is 0 Å². The van der Waals surface area contributed by atoms with Gasteiger partial charge in [-0.05, 0) is 55.5 Å². The molecule has 1 aromatic carbocycles. The number of aryl methyl sites for hydroxylation is 1. The van der Waals surface area contributed by atoms with Gasteiger partial charge in [-0.2, -0.15) is 0 Å². The molecule has 1 aromatic rings. The molecule has 0 amide bonds. The molecular formula is C15H24ClNO. The molecule has 0 saturated heterocycles. The molecular weight excluding hydrogens is 246 g/mol. The van der Waals surface area contributed by atoms with Gasteiger partial charge in [0.05, 0.1) is 6.61 Å². The van der Waals surface area contributed by atoms with Crippen molar-refractivity contribution in [2.75, 3.05) is 13.2 Å². The molecule has 18 heavy (non-hydrogen) atoms. The topological polar surface area (TPSA) is 21.3 Å². The Balaban J connectivity index is 0.00000162. The summed E-state index contributed by atoms with van der Waals surface area (Å²) in [6.45, 7) is 6.20. The number of halogens is 1. The maximum Gasteiger partial charge on any atom is 0.119 e. The zero-order chi connectivity index (χ0) is 12.1. The Kier molecular flexibility index (Phi) is 6.51. The van der Waals surface area contributed by atoms with E-state index in [0.29, 0.717) is 6.04 Å². The lowest BCUT2D eigenvalue weighted by Crippen LogP contribution is -2.34. The molecule has 102 valence electrons. The Hall–Kier alpha value is -0.730. The van der Waals surface area contributed by atoms with Crippen LogP contribution in [0, 0.1) is 0 Å². The zero-order valence-corrected chi connectivity index (χ0v) is 12.2. The van der Waals surface area contributed by atoms with Crippen LogP contribution in [0.5, 0.6) is 5.75 Å². The van der Waals surface area contributed by atoms with Gasteiger partial charge in [0.2, 0.25) is 0 Å². The van der Waals surface area contributed by atoms with Crippen molar-refractivity contribution in [2.24, 2.45) is 0 Å². The summed E-state index contributed by atoms with van der Waals surface area (Å²) in [5.41, 5.74) is 2.97. The fourth-order valence-electron chi connectivity index (χ4n) is 2.50. The number of ether oxygens (including phenoxy) is 1. The highest BCUT2D eigenvalue weighted by molar-refractivity contribution is 5.85. The standard InChI is InChI=1S/C15H23NO.ClH/c1-3-9-17-15-8-6-12-10-14(16-4-2)7-5-13(12)11-15;/h6,8,11,14,16H,3-5,7,9-10H2,1-2H3;1H. The summed E-state index contributed by atoms with van der Waals surface area (Å²) in [4.78, 5) is 0. The van der Waals surface area contributed by atoms with E-state index in [1.807, 2.05) is 0 Å². The maximum absolute atomic E-state index is 5.68. The van der Waals surface area contributed by atoms with Crippen molar-refractivity contribution >= 4 is 12.4 Å². The van der Waals surface area contributed by atoms with Gasteiger partial charge in [-0.3, -0.25) is 0 Å². The highest BCUT2D eigenvalue weighted by Crippen LogP contribution is 2.25. The second-order valence-electron chi connectivity index (χ2n) is 4.78. The fraction of sp³-hybridized carbons (Fsp3) is 0.600. The Morgan fingerprint density at radius 1 is 1.28 bits per heavy atom. The smallest absolute Gasteiger partial charge is 0.119 e. The third-order valence-electron chi connectivity index (χ3n) is 3.37. The van der Waals surface area contributed by atoms with E-state index < -0.39 is 0 Å². The lowest BCUT2D eigenvalue weighted by Gasteiger charge is -2.25. The van der Waals surface area contributed by atoms with E-state index in [2.05, 4.69) is 37.4 Å². The summed E-state index contributed by atoms with van der Waals surface area (Å²) < 4.78 is 5.68. The Labute approximate surface area is 117 Å². The first-order valence-electron chi connectivity index (χ1n) is 6.81. The molecule has 1 unspecified atom stereocenters. The van der Waals surface area contributed by atoms with Crippen molar-refractivity contribution in [2.45, 2.75) is 45.6 Å². The highest BCUT2D eigenvalue weighted by atomic mass is 35.5. The molecule has 0 bridgehead atoms. The van der Waals surface area contributed by atoms with E-state index in [0.717, 1.165) is 31.7 Å². The Bertz CT molecular complexity index is 368. The number of hydrogen-bond donors (Lipinski definition) is 1. The lowest BCUT2D eigenvalue weighted by molar-refractivity contribution is 0.316. The van der Waals surface area contributed by atoms with Gasteiger partial charge in [0.25, 0.3) is 0 Å². The minimum Gasteiger partial charge on any atom is -0.494 e. The predicted molar refractivity (Wildman–Crippen MR) is 79.0 cm³/mol. The van der Waals surface area contributed by atoms with Crippen molar-refractivity contribution < 1.29 is 4.74 Å². The van der Waals surface area contributed by atoms with Gasteiger partial charge in [0, 0.05) is 6.04 Å². The monoisotopic (exact) mass is 269 g/mol. The van der Waals surface area contributed by atoms with E-state index in [9.17, 15) is 0 Å². The molecule has 0 fully saturated rings. The van der Waals surface area contributed by atoms with E-state index in [1.54, 1.807) is 0 Å². The molecule has 0 aromatic heterocycles. The molecule has 0 heterocycles. The number of benzene rings is 1. The SMILES string of the molecule is CCCOc1ccc2c(c1)CCC(NCC)C2.Cl. The van der Waals surface area contributed by atoms with Crippen LogP contribution in [0.4, 0.5) is 0 Å². The van der Waals surface area contributed by atoms with Crippen LogP contribution in [0.15, 0.2) is 18.2 Å². The Morgan fingerprint density at radius 2 is 2.11 bits per heavy atom. The van der Waals surface area contributed by atoms with E-state index >= 15 is 0 Å². The van der Waals surface area contributed by atoms with Crippen LogP contribution in [-0.2, 0) is 12.8 Å². The molecule has 0 spiro atoms. The van der Waals surface area contributed by atoms with Crippen molar-refractivity contribution in [1.82, 2.24) is 5.32 Å². The van der Waals surface area contributed by atoms with Gasteiger partial charge in [-0.15, -0.1) is 12.4 Å². The summed E-state index contributed by atoms with van der Waals surface area (Å²) in [5.74, 6) is 1.03. The molecule has 1 aliphatic carbocycles. The summed E-state index contributed by atoms with van der Waals surface area (Å²) in [6, 6.07) is 7.25. The van der Waals surface area contributed by atoms with Crippen LogP contribution in [0.2, 0.25) is 0 Å². The maximum atomic E-state index is 5.68. The lowest BCUT2D eigenvalue weighted by atomic mass is 9.88. The first-order chi connectivity index (χ1) is 8.33. The van der Waals surface area contributed by atoms with Crippen molar-refractivity contribution in [3.05, 3.63) is 29.3 Å². The number of likely N-dealkylation sites (N-methyl/N-ethyl adjacent to an activating group) is 1. The third kappa shape index (κ3) is 3.89. The number of fused-ring (bicyclic) bond motifs is 1. The molecule has 3 heteroatoms. The van der Waals surface area contributed by atoms with Crippen LogP contribution >= 0.6 is 12.4 Å². The molecule has 1 aliphatic rings. The molecule has 0 saturated carbocycles. The number of hydrogen-bond acceptors (Lipinski definition) is 2. The first-order valence-corrected chi connectivity index (χ1v) is 6.81. The minimum absolute atomic E-state index is 0. The van der Waals surface area contributed by atoms with Crippen LogP contribution < -0.4 is 10.1 Å².